The molecule has 0 aromatic carbocycles. The van der Waals surface area contributed by atoms with Gasteiger partial charge in [-0.1, -0.05) is 0 Å². The van der Waals surface area contributed by atoms with Crippen molar-refractivity contribution >= 4 is 10.4 Å². The lowest BCUT2D eigenvalue weighted by Crippen LogP contribution is -2.19. The van der Waals surface area contributed by atoms with E-state index in [0.29, 0.717) is 0 Å². The molecule has 0 spiro atoms. The number of rotatable bonds is 0. The van der Waals surface area contributed by atoms with Crippen molar-refractivity contribution in [3.05, 3.63) is 0 Å². The first-order valence-corrected chi connectivity index (χ1v) is 3.54. The summed E-state index contributed by atoms with van der Waals surface area (Å²) < 4.78 is 40.5. The normalized spacial score (nSPS) is 41.1. The highest BCUT2D eigenvalue weighted by Gasteiger charge is 2.41. The SMILES string of the molecule is CC1(F)COS(=O)(=O)O1. The van der Waals surface area contributed by atoms with Gasteiger partial charge in [0.15, 0.2) is 0 Å². The Morgan fingerprint density at radius 1 is 1.67 bits per heavy atom. The highest BCUT2D eigenvalue weighted by atomic mass is 32.3. The van der Waals surface area contributed by atoms with Gasteiger partial charge < -0.3 is 0 Å². The fourth-order valence-electron chi connectivity index (χ4n) is 0.438. The third kappa shape index (κ3) is 1.60. The second kappa shape index (κ2) is 1.65. The fourth-order valence-corrected chi connectivity index (χ4v) is 1.32. The van der Waals surface area contributed by atoms with Gasteiger partial charge in [-0.15, -0.1) is 0 Å². The van der Waals surface area contributed by atoms with Crippen LogP contribution in [-0.2, 0) is 18.8 Å². The van der Waals surface area contributed by atoms with Gasteiger partial charge in [-0.2, -0.15) is 8.42 Å². The Bertz CT molecular complexity index is 206. The van der Waals surface area contributed by atoms with Gasteiger partial charge in [0.25, 0.3) is 0 Å². The van der Waals surface area contributed by atoms with Crippen molar-refractivity contribution in [3.63, 3.8) is 0 Å². The molecule has 54 valence electrons. The molecule has 1 aliphatic heterocycles. The first kappa shape index (κ1) is 6.91. The van der Waals surface area contributed by atoms with E-state index >= 15 is 0 Å². The standard InChI is InChI=1S/C3H5FO4S/c1-3(4)2-7-9(5,6)8-3/h2H2,1H3. The first-order chi connectivity index (χ1) is 3.91. The van der Waals surface area contributed by atoms with Crippen LogP contribution in [0.25, 0.3) is 0 Å². The van der Waals surface area contributed by atoms with Gasteiger partial charge in [-0.25, -0.2) is 12.8 Å². The van der Waals surface area contributed by atoms with E-state index in [4.69, 9.17) is 0 Å². The lowest BCUT2D eigenvalue weighted by atomic mass is 10.4. The van der Waals surface area contributed by atoms with E-state index in [-0.39, 0.29) is 0 Å². The molecule has 1 rings (SSSR count). The number of hydrogen-bond acceptors (Lipinski definition) is 4. The van der Waals surface area contributed by atoms with E-state index in [2.05, 4.69) is 8.37 Å². The lowest BCUT2D eigenvalue weighted by molar-refractivity contribution is -0.0238. The largest absolute Gasteiger partial charge is 0.403 e. The number of hydrogen-bond donors (Lipinski definition) is 0. The molecule has 0 aromatic heterocycles. The molecular weight excluding hydrogens is 151 g/mol. The Morgan fingerprint density at radius 3 is 2.33 bits per heavy atom. The van der Waals surface area contributed by atoms with Crippen molar-refractivity contribution in [1.82, 2.24) is 0 Å². The Balaban J connectivity index is 2.81. The molecule has 0 amide bonds. The van der Waals surface area contributed by atoms with Crippen molar-refractivity contribution in [2.24, 2.45) is 0 Å². The van der Waals surface area contributed by atoms with E-state index < -0.39 is 22.9 Å². The molecule has 1 heterocycles. The van der Waals surface area contributed by atoms with Crippen LogP contribution in [0.4, 0.5) is 4.39 Å². The average Bonchev–Trinajstić information content (AvgIpc) is 1.78. The molecule has 1 unspecified atom stereocenters. The Hall–Kier alpha value is -0.200. The zero-order valence-corrected chi connectivity index (χ0v) is 5.44. The molecule has 0 bridgehead atoms. The summed E-state index contributed by atoms with van der Waals surface area (Å²) in [6.07, 6.45) is 0. The molecule has 1 atom stereocenters. The van der Waals surface area contributed by atoms with Gasteiger partial charge in [0.2, 0.25) is 5.85 Å². The van der Waals surface area contributed by atoms with Crippen LogP contribution in [0.5, 0.6) is 0 Å². The fraction of sp³-hybridized carbons (Fsp3) is 1.00. The van der Waals surface area contributed by atoms with Crippen LogP contribution in [0.2, 0.25) is 0 Å². The molecule has 0 N–H and O–H groups in total. The molecular formula is C3H5FO4S. The van der Waals surface area contributed by atoms with Crippen LogP contribution in [0.15, 0.2) is 0 Å². The van der Waals surface area contributed by atoms with Crippen molar-refractivity contribution < 1.29 is 21.2 Å². The minimum atomic E-state index is -4.03. The van der Waals surface area contributed by atoms with Crippen LogP contribution in [0.1, 0.15) is 6.92 Å². The Labute approximate surface area is 51.9 Å². The highest BCUT2D eigenvalue weighted by molar-refractivity contribution is 7.82. The van der Waals surface area contributed by atoms with Gasteiger partial charge in [-0.05, 0) is 6.92 Å². The van der Waals surface area contributed by atoms with E-state index in [9.17, 15) is 12.8 Å². The summed E-state index contributed by atoms with van der Waals surface area (Å²) in [6.45, 7) is 0.423. The maximum Gasteiger partial charge on any atom is 0.403 e. The number of halogens is 1. The van der Waals surface area contributed by atoms with Gasteiger partial charge >= 0.3 is 10.4 Å². The quantitative estimate of drug-likeness (QED) is 0.494. The zero-order valence-electron chi connectivity index (χ0n) is 4.63. The van der Waals surface area contributed by atoms with E-state index in [1.807, 2.05) is 0 Å². The Morgan fingerprint density at radius 2 is 2.22 bits per heavy atom. The topological polar surface area (TPSA) is 52.6 Å². The van der Waals surface area contributed by atoms with Crippen LogP contribution >= 0.6 is 0 Å². The zero-order chi connectivity index (χ0) is 7.12. The molecule has 0 radical (unpaired) electrons. The van der Waals surface area contributed by atoms with E-state index in [1.165, 1.54) is 0 Å². The van der Waals surface area contributed by atoms with Gasteiger partial charge in [0, 0.05) is 0 Å². The van der Waals surface area contributed by atoms with Crippen LogP contribution < -0.4 is 0 Å². The third-order valence-electron chi connectivity index (χ3n) is 0.737. The first-order valence-electron chi connectivity index (χ1n) is 2.20. The summed E-state index contributed by atoms with van der Waals surface area (Å²) >= 11 is 0. The smallest absolute Gasteiger partial charge is 0.242 e. The second-order valence-corrected chi connectivity index (χ2v) is 3.07. The highest BCUT2D eigenvalue weighted by Crippen LogP contribution is 2.24. The summed E-state index contributed by atoms with van der Waals surface area (Å²) in [6, 6.07) is 0. The van der Waals surface area contributed by atoms with Gasteiger partial charge in [0.1, 0.15) is 6.61 Å². The van der Waals surface area contributed by atoms with Crippen molar-refractivity contribution in [2.45, 2.75) is 12.8 Å². The maximum absolute atomic E-state index is 12.4. The lowest BCUT2D eigenvalue weighted by Gasteiger charge is -2.03. The summed E-state index contributed by atoms with van der Waals surface area (Å²) in [4.78, 5) is 0. The molecule has 4 nitrogen and oxygen atoms in total. The van der Waals surface area contributed by atoms with E-state index in [1.54, 1.807) is 0 Å². The molecule has 1 saturated heterocycles. The summed E-state index contributed by atoms with van der Waals surface area (Å²) in [7, 11) is -4.03. The van der Waals surface area contributed by atoms with Crippen LogP contribution in [0.3, 0.4) is 0 Å². The minimum absolute atomic E-state index is 0.560. The molecule has 6 heteroatoms. The molecule has 0 aromatic rings. The summed E-state index contributed by atoms with van der Waals surface area (Å²) in [5, 5.41) is 0. The Kier molecular flexibility index (Phi) is 1.26. The molecule has 0 saturated carbocycles. The van der Waals surface area contributed by atoms with E-state index in [0.717, 1.165) is 6.92 Å². The molecule has 9 heavy (non-hydrogen) atoms. The minimum Gasteiger partial charge on any atom is -0.242 e. The van der Waals surface area contributed by atoms with Gasteiger partial charge in [-0.3, -0.25) is 0 Å². The predicted octanol–water partition coefficient (Wildman–Crippen LogP) is -0.0363. The second-order valence-electron chi connectivity index (χ2n) is 1.86. The van der Waals surface area contributed by atoms with Gasteiger partial charge in [0.05, 0.1) is 0 Å². The molecule has 1 aliphatic rings. The van der Waals surface area contributed by atoms with Crippen LogP contribution in [-0.4, -0.2) is 20.9 Å². The maximum atomic E-state index is 12.4. The summed E-state index contributed by atoms with van der Waals surface area (Å²) in [5.41, 5.74) is 0. The third-order valence-corrected chi connectivity index (χ3v) is 1.70. The van der Waals surface area contributed by atoms with Crippen molar-refractivity contribution in [3.8, 4) is 0 Å². The van der Waals surface area contributed by atoms with Crippen LogP contribution in [0, 0.1) is 0 Å². The summed E-state index contributed by atoms with van der Waals surface area (Å²) in [5.74, 6) is -2.18. The predicted molar refractivity (Wildman–Crippen MR) is 25.5 cm³/mol. The monoisotopic (exact) mass is 156 g/mol. The molecule has 0 aliphatic carbocycles. The average molecular weight is 156 g/mol. The number of alkyl halides is 1. The van der Waals surface area contributed by atoms with Crippen molar-refractivity contribution in [1.29, 1.82) is 0 Å². The molecule has 1 fully saturated rings. The van der Waals surface area contributed by atoms with Crippen molar-refractivity contribution in [2.75, 3.05) is 6.61 Å².